The first kappa shape index (κ1) is 21.8. The maximum atomic E-state index is 13.3. The summed E-state index contributed by atoms with van der Waals surface area (Å²) in [5.74, 6) is -0.372. The second kappa shape index (κ2) is 9.38. The van der Waals surface area contributed by atoms with E-state index in [1.54, 1.807) is 25.3 Å². The van der Waals surface area contributed by atoms with Crippen LogP contribution in [0.15, 0.2) is 35.3 Å². The molecule has 0 aliphatic carbocycles. The zero-order chi connectivity index (χ0) is 22.7. The number of aromatic nitrogens is 2. The molecule has 0 unspecified atom stereocenters. The van der Waals surface area contributed by atoms with Crippen molar-refractivity contribution in [2.24, 2.45) is 0 Å². The summed E-state index contributed by atoms with van der Waals surface area (Å²) < 4.78 is 31.8. The van der Waals surface area contributed by atoms with Crippen molar-refractivity contribution in [2.75, 3.05) is 19.8 Å². The first-order valence-corrected chi connectivity index (χ1v) is 10.8. The van der Waals surface area contributed by atoms with Crippen LogP contribution in [0.2, 0.25) is 0 Å². The molecule has 0 radical (unpaired) electrons. The molecule has 0 saturated heterocycles. The van der Waals surface area contributed by atoms with Crippen molar-refractivity contribution < 1.29 is 23.4 Å². The fourth-order valence-electron chi connectivity index (χ4n) is 3.79. The first-order valence-electron chi connectivity index (χ1n) is 10.8. The molecule has 0 N–H and O–H groups in total. The fourth-order valence-corrected chi connectivity index (χ4v) is 3.79. The van der Waals surface area contributed by atoms with Gasteiger partial charge in [0, 0.05) is 18.2 Å². The molecule has 0 fully saturated rings. The Kier molecular flexibility index (Phi) is 6.39. The molecule has 0 bridgehead atoms. The number of hydrogen-bond donors (Lipinski definition) is 0. The largest absolute Gasteiger partial charge is 0.490 e. The predicted octanol–water partition coefficient (Wildman–Crippen LogP) is 3.87. The molecule has 1 aromatic carbocycles. The average molecular weight is 440 g/mol. The van der Waals surface area contributed by atoms with E-state index in [9.17, 15) is 14.0 Å². The SMILES string of the molecule is CCCCOc1c(C(=O)OCC)c(=O)n2c3c(c(Cc4ccc(F)cc4)cnc13)OCC2. The zero-order valence-electron chi connectivity index (χ0n) is 18.2. The zero-order valence-corrected chi connectivity index (χ0v) is 18.2. The van der Waals surface area contributed by atoms with E-state index in [0.29, 0.717) is 29.8 Å². The quantitative estimate of drug-likeness (QED) is 0.391. The highest BCUT2D eigenvalue weighted by Gasteiger charge is 2.30. The Morgan fingerprint density at radius 1 is 1.25 bits per heavy atom. The number of rotatable bonds is 8. The summed E-state index contributed by atoms with van der Waals surface area (Å²) in [6.45, 7) is 4.76. The summed E-state index contributed by atoms with van der Waals surface area (Å²) in [6.07, 6.45) is 3.77. The van der Waals surface area contributed by atoms with Gasteiger partial charge in [0.2, 0.25) is 0 Å². The molecule has 0 spiro atoms. The first-order chi connectivity index (χ1) is 15.5. The second-order valence-corrected chi connectivity index (χ2v) is 7.54. The van der Waals surface area contributed by atoms with Crippen molar-refractivity contribution in [1.82, 2.24) is 9.55 Å². The summed E-state index contributed by atoms with van der Waals surface area (Å²) in [4.78, 5) is 30.6. The highest BCUT2D eigenvalue weighted by atomic mass is 19.1. The molecule has 168 valence electrons. The molecule has 3 aromatic rings. The van der Waals surface area contributed by atoms with Crippen LogP contribution in [0.1, 0.15) is 48.2 Å². The van der Waals surface area contributed by atoms with Gasteiger partial charge in [-0.1, -0.05) is 25.5 Å². The minimum absolute atomic E-state index is 0.133. The minimum Gasteiger partial charge on any atom is -0.490 e. The summed E-state index contributed by atoms with van der Waals surface area (Å²) >= 11 is 0. The van der Waals surface area contributed by atoms with Crippen molar-refractivity contribution in [3.05, 3.63) is 63.3 Å². The van der Waals surface area contributed by atoms with Gasteiger partial charge in [-0.15, -0.1) is 0 Å². The number of nitrogens with zero attached hydrogens (tertiary/aromatic N) is 2. The molecular formula is C24H25FN2O5. The van der Waals surface area contributed by atoms with E-state index in [1.165, 1.54) is 16.7 Å². The van der Waals surface area contributed by atoms with Crippen molar-refractivity contribution >= 4 is 17.0 Å². The number of halogens is 1. The van der Waals surface area contributed by atoms with Gasteiger partial charge < -0.3 is 14.2 Å². The Balaban J connectivity index is 1.90. The predicted molar refractivity (Wildman–Crippen MR) is 117 cm³/mol. The third-order valence-electron chi connectivity index (χ3n) is 5.34. The Bertz CT molecular complexity index is 1200. The van der Waals surface area contributed by atoms with Gasteiger partial charge >= 0.3 is 5.97 Å². The van der Waals surface area contributed by atoms with Crippen molar-refractivity contribution in [3.63, 3.8) is 0 Å². The smallest absolute Gasteiger partial charge is 0.347 e. The number of pyridine rings is 2. The monoisotopic (exact) mass is 440 g/mol. The van der Waals surface area contributed by atoms with Crippen LogP contribution in [0.3, 0.4) is 0 Å². The molecule has 3 heterocycles. The van der Waals surface area contributed by atoms with E-state index in [4.69, 9.17) is 14.2 Å². The van der Waals surface area contributed by atoms with Crippen LogP contribution in [0.25, 0.3) is 11.0 Å². The van der Waals surface area contributed by atoms with E-state index < -0.39 is 11.5 Å². The number of carbonyl (C=O) groups excluding carboxylic acids is 1. The summed E-state index contributed by atoms with van der Waals surface area (Å²) in [6, 6.07) is 6.20. The number of esters is 1. The van der Waals surface area contributed by atoms with E-state index in [0.717, 1.165) is 24.0 Å². The molecule has 2 aromatic heterocycles. The third-order valence-corrected chi connectivity index (χ3v) is 5.34. The lowest BCUT2D eigenvalue weighted by atomic mass is 10.0. The van der Waals surface area contributed by atoms with E-state index in [1.807, 2.05) is 6.92 Å². The maximum absolute atomic E-state index is 13.3. The third kappa shape index (κ3) is 4.04. The van der Waals surface area contributed by atoms with Gasteiger partial charge in [-0.05, 0) is 31.0 Å². The van der Waals surface area contributed by atoms with Gasteiger partial charge in [0.1, 0.15) is 23.5 Å². The van der Waals surface area contributed by atoms with Crippen LogP contribution in [0.4, 0.5) is 4.39 Å². The van der Waals surface area contributed by atoms with Crippen LogP contribution in [0.5, 0.6) is 11.5 Å². The molecule has 7 nitrogen and oxygen atoms in total. The van der Waals surface area contributed by atoms with Crippen LogP contribution in [0, 0.1) is 5.82 Å². The van der Waals surface area contributed by atoms with Gasteiger partial charge in [-0.2, -0.15) is 0 Å². The van der Waals surface area contributed by atoms with Crippen molar-refractivity contribution in [2.45, 2.75) is 39.7 Å². The van der Waals surface area contributed by atoms with Crippen molar-refractivity contribution in [1.29, 1.82) is 0 Å². The van der Waals surface area contributed by atoms with Gasteiger partial charge in [0.15, 0.2) is 17.1 Å². The van der Waals surface area contributed by atoms with Crippen LogP contribution < -0.4 is 15.0 Å². The minimum atomic E-state index is -0.722. The molecule has 8 heteroatoms. The molecule has 4 rings (SSSR count). The standard InChI is InChI=1S/C24H25FN2O5/c1-3-5-11-31-22-18(24(29)30-4-2)23(28)27-10-12-32-21-16(14-26-19(22)20(21)27)13-15-6-8-17(25)9-7-15/h6-9,14H,3-5,10-13H2,1-2H3. The van der Waals surface area contributed by atoms with Gasteiger partial charge in [0.25, 0.3) is 5.56 Å². The summed E-state index contributed by atoms with van der Waals surface area (Å²) in [5.41, 5.74) is 1.92. The molecule has 0 saturated carbocycles. The van der Waals surface area contributed by atoms with Crippen molar-refractivity contribution in [3.8, 4) is 11.5 Å². The number of hydrogen-bond acceptors (Lipinski definition) is 6. The van der Waals surface area contributed by atoms with Gasteiger partial charge in [0.05, 0.1) is 19.8 Å². The highest BCUT2D eigenvalue weighted by Crippen LogP contribution is 2.37. The van der Waals surface area contributed by atoms with Crippen LogP contribution >= 0.6 is 0 Å². The second-order valence-electron chi connectivity index (χ2n) is 7.54. The molecule has 1 aliphatic heterocycles. The number of ether oxygens (including phenoxy) is 3. The number of carbonyl (C=O) groups is 1. The lowest BCUT2D eigenvalue weighted by molar-refractivity contribution is 0.0518. The molecule has 0 atom stereocenters. The van der Waals surface area contributed by atoms with Gasteiger partial charge in [-0.25, -0.2) is 9.18 Å². The number of benzene rings is 1. The molecule has 32 heavy (non-hydrogen) atoms. The van der Waals surface area contributed by atoms with Crippen LogP contribution in [-0.4, -0.2) is 35.3 Å². The van der Waals surface area contributed by atoms with E-state index in [2.05, 4.69) is 4.98 Å². The Morgan fingerprint density at radius 3 is 2.75 bits per heavy atom. The lowest BCUT2D eigenvalue weighted by Gasteiger charge is -2.24. The van der Waals surface area contributed by atoms with Crippen LogP contribution in [-0.2, 0) is 17.7 Å². The van der Waals surface area contributed by atoms with E-state index >= 15 is 0 Å². The topological polar surface area (TPSA) is 79.7 Å². The molecular weight excluding hydrogens is 415 g/mol. The Hall–Kier alpha value is -3.42. The number of unbranched alkanes of at least 4 members (excludes halogenated alkanes) is 1. The van der Waals surface area contributed by atoms with E-state index in [-0.39, 0.29) is 36.9 Å². The maximum Gasteiger partial charge on any atom is 0.347 e. The Morgan fingerprint density at radius 2 is 2.03 bits per heavy atom. The lowest BCUT2D eigenvalue weighted by Crippen LogP contribution is -2.33. The fraction of sp³-hybridized carbons (Fsp3) is 0.375. The highest BCUT2D eigenvalue weighted by molar-refractivity contribution is 6.00. The normalized spacial score (nSPS) is 12.5. The van der Waals surface area contributed by atoms with Gasteiger partial charge in [-0.3, -0.25) is 14.3 Å². The molecule has 1 aliphatic rings. The summed E-state index contributed by atoms with van der Waals surface area (Å²) in [5, 5.41) is 0. The Labute approximate surface area is 184 Å². The average Bonchev–Trinajstić information content (AvgIpc) is 2.79. The summed E-state index contributed by atoms with van der Waals surface area (Å²) in [7, 11) is 0. The molecule has 0 amide bonds.